The molecule has 0 saturated heterocycles. The van der Waals surface area contributed by atoms with Crippen molar-refractivity contribution in [1.29, 1.82) is 0 Å². The molecule has 0 bridgehead atoms. The quantitative estimate of drug-likeness (QED) is 0.538. The van der Waals surface area contributed by atoms with E-state index in [1.54, 1.807) is 24.5 Å². The molecule has 0 aliphatic rings. The van der Waals surface area contributed by atoms with E-state index in [2.05, 4.69) is 25.3 Å². The molecule has 4 N–H and O–H groups in total. The van der Waals surface area contributed by atoms with Crippen LogP contribution in [0.15, 0.2) is 34.5 Å². The number of rotatable bonds is 1. The van der Waals surface area contributed by atoms with Crippen LogP contribution < -0.4 is 11.4 Å². The van der Waals surface area contributed by atoms with Crippen LogP contribution in [-0.4, -0.2) is 36.0 Å². The van der Waals surface area contributed by atoms with Crippen LogP contribution in [0, 0.1) is 0 Å². The van der Waals surface area contributed by atoms with Gasteiger partial charge in [0.1, 0.15) is 5.82 Å². The number of aromatic amines is 2. The lowest BCUT2D eigenvalue weighted by atomic mass is 10.7. The molecule has 0 aliphatic heterocycles. The van der Waals surface area contributed by atoms with E-state index in [0.717, 1.165) is 0 Å². The van der Waals surface area contributed by atoms with Crippen LogP contribution in [-0.2, 0) is 0 Å². The number of nitrogens with zero attached hydrogens (tertiary/aromatic N) is 4. The summed E-state index contributed by atoms with van der Waals surface area (Å²) >= 11 is 1.39. The highest BCUT2D eigenvalue weighted by molar-refractivity contribution is 7.98. The number of nitrogens with one attached hydrogen (secondary N) is 2. The molecule has 3 aromatic rings. The first-order valence-corrected chi connectivity index (χ1v) is 6.16. The van der Waals surface area contributed by atoms with E-state index >= 15 is 0 Å². The minimum atomic E-state index is -0.255. The molecule has 0 amide bonds. The Bertz CT molecular complexity index is 672. The zero-order valence-electron chi connectivity index (χ0n) is 9.49. The van der Waals surface area contributed by atoms with Gasteiger partial charge in [-0.05, 0) is 12.3 Å². The molecule has 0 aromatic carbocycles. The van der Waals surface area contributed by atoms with Crippen LogP contribution in [0.3, 0.4) is 0 Å². The van der Waals surface area contributed by atoms with Gasteiger partial charge in [-0.1, -0.05) is 11.8 Å². The third kappa shape index (κ3) is 2.69. The lowest BCUT2D eigenvalue weighted by molar-refractivity contribution is 0.787. The summed E-state index contributed by atoms with van der Waals surface area (Å²) in [5.74, 6) is 0.606. The molecule has 0 fully saturated rings. The molecule has 94 valence electrons. The van der Waals surface area contributed by atoms with Gasteiger partial charge in [0.25, 0.3) is 0 Å². The molecule has 8 nitrogen and oxygen atoms in total. The van der Waals surface area contributed by atoms with Gasteiger partial charge in [-0.25, -0.2) is 9.78 Å². The Morgan fingerprint density at radius 1 is 1.39 bits per heavy atom. The second kappa shape index (κ2) is 5.36. The summed E-state index contributed by atoms with van der Waals surface area (Å²) < 4.78 is 1.22. The van der Waals surface area contributed by atoms with E-state index < -0.39 is 0 Å². The first-order chi connectivity index (χ1) is 8.70. The number of hydrogen-bond acceptors (Lipinski definition) is 6. The van der Waals surface area contributed by atoms with Crippen molar-refractivity contribution in [2.24, 2.45) is 0 Å². The minimum absolute atomic E-state index is 0.255. The van der Waals surface area contributed by atoms with Crippen LogP contribution in [0.1, 0.15) is 0 Å². The minimum Gasteiger partial charge on any atom is -0.384 e. The van der Waals surface area contributed by atoms with Gasteiger partial charge in [-0.15, -0.1) is 0 Å². The van der Waals surface area contributed by atoms with Gasteiger partial charge in [0, 0.05) is 6.07 Å². The van der Waals surface area contributed by atoms with Crippen LogP contribution in [0.25, 0.3) is 5.65 Å². The fraction of sp³-hybridized carbons (Fsp3) is 0.111. The predicted octanol–water partition coefficient (Wildman–Crippen LogP) is 0.131. The average molecular weight is 265 g/mol. The van der Waals surface area contributed by atoms with Crippen LogP contribution in [0.2, 0.25) is 0 Å². The van der Waals surface area contributed by atoms with Gasteiger partial charge in [0.2, 0.25) is 0 Å². The van der Waals surface area contributed by atoms with Crippen LogP contribution in [0.5, 0.6) is 0 Å². The summed E-state index contributed by atoms with van der Waals surface area (Å²) in [5, 5.41) is 10.5. The average Bonchev–Trinajstić information content (AvgIpc) is 3.00. The lowest BCUT2D eigenvalue weighted by Crippen LogP contribution is -2.18. The van der Waals surface area contributed by atoms with E-state index in [4.69, 9.17) is 5.73 Å². The highest BCUT2D eigenvalue weighted by Gasteiger charge is 2.00. The first kappa shape index (κ1) is 12.2. The number of fused-ring (bicyclic) bond motifs is 1. The maximum absolute atomic E-state index is 11.2. The number of aromatic nitrogens is 6. The van der Waals surface area contributed by atoms with Gasteiger partial charge < -0.3 is 5.73 Å². The Morgan fingerprint density at radius 2 is 2.22 bits per heavy atom. The summed E-state index contributed by atoms with van der Waals surface area (Å²) in [4.78, 5) is 17.9. The smallest absolute Gasteiger partial charge is 0.350 e. The van der Waals surface area contributed by atoms with Crippen LogP contribution >= 0.6 is 11.8 Å². The highest BCUT2D eigenvalue weighted by Crippen LogP contribution is 2.05. The van der Waals surface area contributed by atoms with Crippen molar-refractivity contribution < 1.29 is 0 Å². The normalized spacial score (nSPS) is 10.1. The van der Waals surface area contributed by atoms with Gasteiger partial charge >= 0.3 is 5.69 Å². The van der Waals surface area contributed by atoms with E-state index in [1.165, 1.54) is 16.3 Å². The van der Waals surface area contributed by atoms with Crippen molar-refractivity contribution in [1.82, 2.24) is 29.8 Å². The van der Waals surface area contributed by atoms with Crippen molar-refractivity contribution in [3.05, 3.63) is 35.0 Å². The summed E-state index contributed by atoms with van der Waals surface area (Å²) in [5.41, 5.74) is 5.48. The number of nitrogens with two attached hydrogens (primary N) is 1. The summed E-state index contributed by atoms with van der Waals surface area (Å²) in [6.07, 6.45) is 5.00. The Labute approximate surface area is 106 Å². The molecule has 9 heteroatoms. The molecule has 3 rings (SSSR count). The largest absolute Gasteiger partial charge is 0.384 e. The van der Waals surface area contributed by atoms with E-state index in [-0.39, 0.29) is 5.69 Å². The fourth-order valence-corrected chi connectivity index (χ4v) is 1.55. The Morgan fingerprint density at radius 3 is 2.78 bits per heavy atom. The van der Waals surface area contributed by atoms with Gasteiger partial charge in [0.15, 0.2) is 10.8 Å². The maximum Gasteiger partial charge on any atom is 0.350 e. The summed E-state index contributed by atoms with van der Waals surface area (Å²) in [7, 11) is 0. The molecular formula is C9H11N7OS. The zero-order valence-corrected chi connectivity index (χ0v) is 10.3. The van der Waals surface area contributed by atoms with Gasteiger partial charge in [-0.2, -0.15) is 14.7 Å². The molecule has 18 heavy (non-hydrogen) atoms. The Kier molecular flexibility index (Phi) is 3.63. The van der Waals surface area contributed by atoms with Gasteiger partial charge in [-0.3, -0.25) is 10.1 Å². The number of anilines is 1. The maximum atomic E-state index is 11.2. The van der Waals surface area contributed by atoms with Gasteiger partial charge in [0.05, 0.1) is 12.4 Å². The number of H-pyrrole nitrogens is 2. The number of nitrogen functional groups attached to an aromatic ring is 1. The van der Waals surface area contributed by atoms with Crippen molar-refractivity contribution in [3.8, 4) is 0 Å². The predicted molar refractivity (Wildman–Crippen MR) is 68.4 cm³/mol. The molecule has 0 radical (unpaired) electrons. The van der Waals surface area contributed by atoms with E-state index in [0.29, 0.717) is 16.6 Å². The molecular weight excluding hydrogens is 254 g/mol. The van der Waals surface area contributed by atoms with Crippen molar-refractivity contribution in [2.45, 2.75) is 5.16 Å². The lowest BCUT2D eigenvalue weighted by Gasteiger charge is -1.94. The first-order valence-electron chi connectivity index (χ1n) is 4.93. The van der Waals surface area contributed by atoms with E-state index in [9.17, 15) is 4.79 Å². The highest BCUT2D eigenvalue weighted by atomic mass is 32.2. The number of thioether (sulfide) groups is 1. The third-order valence-electron chi connectivity index (χ3n) is 1.96. The van der Waals surface area contributed by atoms with E-state index in [1.807, 2.05) is 6.26 Å². The topological polar surface area (TPSA) is 118 Å². The second-order valence-corrected chi connectivity index (χ2v) is 3.96. The Balaban J connectivity index is 0.000000169. The van der Waals surface area contributed by atoms with Crippen LogP contribution in [0.4, 0.5) is 5.82 Å². The molecule has 3 aromatic heterocycles. The summed E-state index contributed by atoms with van der Waals surface area (Å²) in [6, 6.07) is 3.38. The molecule has 0 aliphatic carbocycles. The zero-order chi connectivity index (χ0) is 13.0. The summed E-state index contributed by atoms with van der Waals surface area (Å²) in [6.45, 7) is 0. The van der Waals surface area contributed by atoms with Crippen molar-refractivity contribution in [2.75, 3.05) is 12.0 Å². The second-order valence-electron chi connectivity index (χ2n) is 3.16. The SMILES string of the molecule is CSc1nc2ccnn2c(=O)[nH]1.Nc1ccn[nH]1. The Hall–Kier alpha value is -2.29. The van der Waals surface area contributed by atoms with Crippen molar-refractivity contribution >= 4 is 23.2 Å². The molecule has 0 saturated carbocycles. The van der Waals surface area contributed by atoms with Crippen molar-refractivity contribution in [3.63, 3.8) is 0 Å². The molecule has 0 spiro atoms. The molecule has 0 unspecified atom stereocenters. The number of hydrogen-bond donors (Lipinski definition) is 3. The standard InChI is InChI=1S/C6H6N4OS.C3H5N3/c1-12-5-8-4-2-3-7-10(4)6(11)9-5;4-3-1-2-5-6-3/h2-3H,1H3,(H,8,9,11);1-2H,(H3,4,5,6). The third-order valence-corrected chi connectivity index (χ3v) is 2.54. The molecule has 0 atom stereocenters. The fourth-order valence-electron chi connectivity index (χ4n) is 1.18. The molecule has 3 heterocycles. The monoisotopic (exact) mass is 265 g/mol.